The van der Waals surface area contributed by atoms with Gasteiger partial charge in [-0.15, -0.1) is 0 Å². The van der Waals surface area contributed by atoms with Gasteiger partial charge in [0.15, 0.2) is 0 Å². The maximum absolute atomic E-state index is 12.5. The molecule has 0 fully saturated rings. The van der Waals surface area contributed by atoms with Crippen LogP contribution in [-0.4, -0.2) is 32.7 Å². The first kappa shape index (κ1) is 18.6. The quantitative estimate of drug-likeness (QED) is 0.801. The van der Waals surface area contributed by atoms with E-state index in [-0.39, 0.29) is 10.1 Å². The van der Waals surface area contributed by atoms with Gasteiger partial charge in [-0.05, 0) is 60.6 Å². The molecule has 5 nitrogen and oxygen atoms in total. The number of hydrogen-bond acceptors (Lipinski definition) is 4. The molecule has 0 aliphatic rings. The van der Waals surface area contributed by atoms with Gasteiger partial charge in [-0.3, -0.25) is 9.52 Å². The van der Waals surface area contributed by atoms with Crippen LogP contribution in [0.5, 0.6) is 0 Å². The third kappa shape index (κ3) is 4.66. The van der Waals surface area contributed by atoms with Gasteiger partial charge < -0.3 is 4.90 Å². The minimum absolute atomic E-state index is 0.0992. The van der Waals surface area contributed by atoms with Gasteiger partial charge in [-0.1, -0.05) is 17.7 Å². The molecule has 0 bridgehead atoms. The fourth-order valence-electron chi connectivity index (χ4n) is 1.86. The Morgan fingerprint density at radius 2 is 1.75 bits per heavy atom. The van der Waals surface area contributed by atoms with Gasteiger partial charge in [0.05, 0.1) is 4.90 Å². The maximum atomic E-state index is 12.5. The van der Waals surface area contributed by atoms with E-state index in [2.05, 4.69) is 4.72 Å². The van der Waals surface area contributed by atoms with Crippen molar-refractivity contribution in [2.45, 2.75) is 16.7 Å². The van der Waals surface area contributed by atoms with Gasteiger partial charge in [0.1, 0.15) is 0 Å². The van der Waals surface area contributed by atoms with Gasteiger partial charge in [0.2, 0.25) is 0 Å². The smallest absolute Gasteiger partial charge is 0.285 e. The average Bonchev–Trinajstić information content (AvgIpc) is 2.51. The minimum Gasteiger partial charge on any atom is -0.339 e. The van der Waals surface area contributed by atoms with Crippen LogP contribution in [0.15, 0.2) is 52.3 Å². The highest BCUT2D eigenvalue weighted by Gasteiger charge is 2.17. The zero-order valence-corrected chi connectivity index (χ0v) is 15.8. The highest BCUT2D eigenvalue weighted by atomic mass is 35.5. The fraction of sp³-hybridized carbons (Fsp3) is 0.188. The first-order chi connectivity index (χ1) is 11.2. The molecule has 0 aliphatic carbocycles. The van der Waals surface area contributed by atoms with Gasteiger partial charge >= 0.3 is 0 Å². The summed E-state index contributed by atoms with van der Waals surface area (Å²) >= 11 is 6.96. The SMILES string of the molecule is Cc1ccc(Cl)cc1S(=O)(=O)Nc1ccc(SC(=O)N(C)C)cc1. The Labute approximate surface area is 151 Å². The summed E-state index contributed by atoms with van der Waals surface area (Å²) < 4.78 is 27.5. The van der Waals surface area contributed by atoms with Crippen molar-refractivity contribution >= 4 is 44.3 Å². The van der Waals surface area contributed by atoms with Crippen molar-refractivity contribution in [3.8, 4) is 0 Å². The Bertz CT molecular complexity index is 850. The minimum atomic E-state index is -3.73. The lowest BCUT2D eigenvalue weighted by Gasteiger charge is -2.12. The number of aryl methyl sites for hydroxylation is 1. The van der Waals surface area contributed by atoms with Crippen LogP contribution in [0.2, 0.25) is 5.02 Å². The van der Waals surface area contributed by atoms with Crippen LogP contribution in [-0.2, 0) is 10.0 Å². The fourth-order valence-corrected chi connectivity index (χ4v) is 4.08. The third-order valence-electron chi connectivity index (χ3n) is 3.12. The van der Waals surface area contributed by atoms with Gasteiger partial charge in [0.25, 0.3) is 15.3 Å². The lowest BCUT2D eigenvalue weighted by Crippen LogP contribution is -2.16. The zero-order valence-electron chi connectivity index (χ0n) is 13.4. The molecule has 24 heavy (non-hydrogen) atoms. The molecule has 0 spiro atoms. The van der Waals surface area contributed by atoms with E-state index in [0.29, 0.717) is 16.3 Å². The summed E-state index contributed by atoms with van der Waals surface area (Å²) in [5.41, 5.74) is 1.02. The molecule has 0 heterocycles. The molecule has 2 aromatic rings. The van der Waals surface area contributed by atoms with Crippen LogP contribution in [0, 0.1) is 6.92 Å². The largest absolute Gasteiger partial charge is 0.339 e. The number of amides is 1. The first-order valence-electron chi connectivity index (χ1n) is 6.97. The van der Waals surface area contributed by atoms with Gasteiger partial charge in [-0.2, -0.15) is 0 Å². The van der Waals surface area contributed by atoms with Crippen molar-refractivity contribution < 1.29 is 13.2 Å². The topological polar surface area (TPSA) is 66.5 Å². The zero-order chi connectivity index (χ0) is 17.9. The van der Waals surface area contributed by atoms with Crippen LogP contribution >= 0.6 is 23.4 Å². The number of thioether (sulfide) groups is 1. The number of carbonyl (C=O) groups excluding carboxylic acids is 1. The number of hydrogen-bond donors (Lipinski definition) is 1. The monoisotopic (exact) mass is 384 g/mol. The van der Waals surface area contributed by atoms with Crippen LogP contribution in [0.25, 0.3) is 0 Å². The van der Waals surface area contributed by atoms with Crippen molar-refractivity contribution in [3.05, 3.63) is 53.1 Å². The van der Waals surface area contributed by atoms with E-state index in [9.17, 15) is 13.2 Å². The number of nitrogens with one attached hydrogen (secondary N) is 1. The van der Waals surface area contributed by atoms with Crippen molar-refractivity contribution in [3.63, 3.8) is 0 Å². The standard InChI is InChI=1S/C16H17ClN2O3S2/c1-11-4-5-12(17)10-15(11)24(21,22)18-13-6-8-14(9-7-13)23-16(20)19(2)3/h4-10,18H,1-3H3. The molecule has 1 N–H and O–H groups in total. The maximum Gasteiger partial charge on any atom is 0.285 e. The van der Waals surface area contributed by atoms with Crippen molar-refractivity contribution in [1.82, 2.24) is 4.90 Å². The van der Waals surface area contributed by atoms with E-state index in [1.807, 2.05) is 0 Å². The van der Waals surface area contributed by atoms with Crippen LogP contribution in [0.3, 0.4) is 0 Å². The predicted molar refractivity (Wildman–Crippen MR) is 98.4 cm³/mol. The summed E-state index contributed by atoms with van der Waals surface area (Å²) in [6.45, 7) is 1.71. The lowest BCUT2D eigenvalue weighted by atomic mass is 10.2. The molecule has 1 amide bonds. The summed E-state index contributed by atoms with van der Waals surface area (Å²) in [7, 11) is -0.389. The molecular formula is C16H17ClN2O3S2. The summed E-state index contributed by atoms with van der Waals surface area (Å²) in [4.78, 5) is 14.0. The third-order valence-corrected chi connectivity index (χ3v) is 5.92. The second-order valence-electron chi connectivity index (χ2n) is 5.30. The Kier molecular flexibility index (Phi) is 5.79. The van der Waals surface area contributed by atoms with Gasteiger partial charge in [-0.25, -0.2) is 8.42 Å². The molecular weight excluding hydrogens is 368 g/mol. The van der Waals surface area contributed by atoms with Crippen molar-refractivity contribution in [2.75, 3.05) is 18.8 Å². The second kappa shape index (κ2) is 7.46. The summed E-state index contributed by atoms with van der Waals surface area (Å²) in [6, 6.07) is 11.3. The Balaban J connectivity index is 2.18. The van der Waals surface area contributed by atoms with Crippen LogP contribution < -0.4 is 4.72 Å². The second-order valence-corrected chi connectivity index (χ2v) is 8.41. The number of anilines is 1. The molecule has 2 aromatic carbocycles. The van der Waals surface area contributed by atoms with E-state index in [1.54, 1.807) is 57.4 Å². The number of carbonyl (C=O) groups is 1. The molecule has 0 radical (unpaired) electrons. The Morgan fingerprint density at radius 3 is 2.33 bits per heavy atom. The summed E-state index contributed by atoms with van der Waals surface area (Å²) in [5, 5.41) is 0.257. The molecule has 2 rings (SSSR count). The van der Waals surface area contributed by atoms with E-state index < -0.39 is 10.0 Å². The number of nitrogens with zero attached hydrogens (tertiary/aromatic N) is 1. The van der Waals surface area contributed by atoms with E-state index in [0.717, 1.165) is 16.7 Å². The van der Waals surface area contributed by atoms with Crippen molar-refractivity contribution in [1.29, 1.82) is 0 Å². The highest BCUT2D eigenvalue weighted by Crippen LogP contribution is 2.25. The molecule has 128 valence electrons. The number of sulfonamides is 1. The molecule has 0 saturated heterocycles. The molecule has 0 aromatic heterocycles. The molecule has 0 atom stereocenters. The van der Waals surface area contributed by atoms with Crippen LogP contribution in [0.1, 0.15) is 5.56 Å². The molecule has 0 unspecified atom stereocenters. The highest BCUT2D eigenvalue weighted by molar-refractivity contribution is 8.13. The van der Waals surface area contributed by atoms with E-state index >= 15 is 0 Å². The molecule has 0 aliphatic heterocycles. The first-order valence-corrected chi connectivity index (χ1v) is 9.65. The number of rotatable bonds is 4. The normalized spacial score (nSPS) is 11.2. The van der Waals surface area contributed by atoms with E-state index in [1.165, 1.54) is 11.0 Å². The van der Waals surface area contributed by atoms with Crippen LogP contribution in [0.4, 0.5) is 10.5 Å². The molecule has 8 heteroatoms. The number of benzene rings is 2. The number of halogens is 1. The Morgan fingerprint density at radius 1 is 1.12 bits per heavy atom. The lowest BCUT2D eigenvalue weighted by molar-refractivity contribution is 0.241. The predicted octanol–water partition coefficient (Wildman–Crippen LogP) is 4.22. The average molecular weight is 385 g/mol. The van der Waals surface area contributed by atoms with Crippen molar-refractivity contribution in [2.24, 2.45) is 0 Å². The molecule has 0 saturated carbocycles. The summed E-state index contributed by atoms with van der Waals surface area (Å²) in [5.74, 6) is 0. The van der Waals surface area contributed by atoms with E-state index in [4.69, 9.17) is 11.6 Å². The summed E-state index contributed by atoms with van der Waals surface area (Å²) in [6.07, 6.45) is 0. The Hall–Kier alpha value is -1.70. The van der Waals surface area contributed by atoms with Gasteiger partial charge in [0, 0.05) is 29.7 Å².